The number of rotatable bonds is 5. The number of ether oxygens (including phenoxy) is 1. The van der Waals surface area contributed by atoms with E-state index in [9.17, 15) is 14.0 Å². The largest absolute Gasteiger partial charge is 0.497 e. The molecule has 6 heteroatoms. The third-order valence-electron chi connectivity index (χ3n) is 5.56. The molecule has 0 unspecified atom stereocenters. The SMILES string of the molecule is COc1cccc(NC2=C(c3ccc(F)cc3)C(=O)N(c3cccc4ccccc34)C2=O)c1. The molecule has 1 heterocycles. The summed E-state index contributed by atoms with van der Waals surface area (Å²) in [6.45, 7) is 0. The summed E-state index contributed by atoms with van der Waals surface area (Å²) in [5.41, 5.74) is 1.82. The lowest BCUT2D eigenvalue weighted by molar-refractivity contribution is -0.120. The zero-order valence-electron chi connectivity index (χ0n) is 17.7. The fraction of sp³-hybridized carbons (Fsp3) is 0.0370. The second-order valence-electron chi connectivity index (χ2n) is 7.56. The van der Waals surface area contributed by atoms with Crippen LogP contribution in [0.4, 0.5) is 15.8 Å². The monoisotopic (exact) mass is 438 g/mol. The number of carbonyl (C=O) groups is 2. The number of fused-ring (bicyclic) bond motifs is 1. The normalized spacial score (nSPS) is 13.7. The summed E-state index contributed by atoms with van der Waals surface area (Å²) in [4.78, 5) is 28.5. The van der Waals surface area contributed by atoms with Crippen LogP contribution in [-0.4, -0.2) is 18.9 Å². The van der Waals surface area contributed by atoms with Gasteiger partial charge in [0.15, 0.2) is 0 Å². The van der Waals surface area contributed by atoms with Gasteiger partial charge in [0.2, 0.25) is 0 Å². The molecule has 2 amide bonds. The maximum Gasteiger partial charge on any atom is 0.282 e. The average molecular weight is 438 g/mol. The number of anilines is 2. The van der Waals surface area contributed by atoms with Crippen LogP contribution in [0.2, 0.25) is 0 Å². The van der Waals surface area contributed by atoms with Crippen LogP contribution in [0.25, 0.3) is 16.3 Å². The van der Waals surface area contributed by atoms with E-state index in [0.29, 0.717) is 22.7 Å². The molecule has 0 saturated heterocycles. The number of hydrogen-bond donors (Lipinski definition) is 1. The first-order valence-electron chi connectivity index (χ1n) is 10.3. The highest BCUT2D eigenvalue weighted by Crippen LogP contribution is 2.37. The van der Waals surface area contributed by atoms with Gasteiger partial charge in [0, 0.05) is 17.1 Å². The van der Waals surface area contributed by atoms with Crippen LogP contribution in [0.3, 0.4) is 0 Å². The van der Waals surface area contributed by atoms with Crippen LogP contribution in [0, 0.1) is 5.82 Å². The summed E-state index contributed by atoms with van der Waals surface area (Å²) in [7, 11) is 1.55. The van der Waals surface area contributed by atoms with E-state index in [0.717, 1.165) is 10.8 Å². The molecule has 33 heavy (non-hydrogen) atoms. The van der Waals surface area contributed by atoms with Gasteiger partial charge < -0.3 is 10.1 Å². The Kier molecular flexibility index (Phi) is 5.11. The molecular formula is C27H19FN2O3. The van der Waals surface area contributed by atoms with Crippen LogP contribution in [0.5, 0.6) is 5.75 Å². The Balaban J connectivity index is 1.65. The van der Waals surface area contributed by atoms with Crippen LogP contribution < -0.4 is 15.0 Å². The van der Waals surface area contributed by atoms with Gasteiger partial charge in [0.1, 0.15) is 17.3 Å². The Labute approximate surface area is 189 Å². The molecule has 5 nitrogen and oxygen atoms in total. The lowest BCUT2D eigenvalue weighted by atomic mass is 10.0. The van der Waals surface area contributed by atoms with E-state index in [2.05, 4.69) is 5.32 Å². The molecule has 0 fully saturated rings. The minimum Gasteiger partial charge on any atom is -0.497 e. The number of amides is 2. The Morgan fingerprint density at radius 1 is 0.818 bits per heavy atom. The van der Waals surface area contributed by atoms with Crippen molar-refractivity contribution >= 4 is 39.5 Å². The minimum absolute atomic E-state index is 0.118. The van der Waals surface area contributed by atoms with Crippen LogP contribution in [0.15, 0.2) is 96.7 Å². The van der Waals surface area contributed by atoms with Crippen molar-refractivity contribution in [2.45, 2.75) is 0 Å². The Morgan fingerprint density at radius 2 is 1.55 bits per heavy atom. The van der Waals surface area contributed by atoms with Gasteiger partial charge in [0.05, 0.1) is 18.4 Å². The molecule has 1 aliphatic heterocycles. The summed E-state index contributed by atoms with van der Waals surface area (Å²) in [6.07, 6.45) is 0. The summed E-state index contributed by atoms with van der Waals surface area (Å²) in [5, 5.41) is 4.79. The van der Waals surface area contributed by atoms with Gasteiger partial charge in [-0.2, -0.15) is 0 Å². The van der Waals surface area contributed by atoms with Crippen molar-refractivity contribution in [3.05, 3.63) is 108 Å². The number of nitrogens with one attached hydrogen (secondary N) is 1. The molecule has 0 bridgehead atoms. The van der Waals surface area contributed by atoms with E-state index in [4.69, 9.17) is 4.74 Å². The third kappa shape index (κ3) is 3.61. The van der Waals surface area contributed by atoms with E-state index < -0.39 is 17.6 Å². The highest BCUT2D eigenvalue weighted by Gasteiger charge is 2.40. The van der Waals surface area contributed by atoms with Crippen molar-refractivity contribution in [2.24, 2.45) is 0 Å². The first-order chi connectivity index (χ1) is 16.1. The molecule has 162 valence electrons. The van der Waals surface area contributed by atoms with E-state index in [1.54, 1.807) is 37.4 Å². The number of halogens is 1. The lowest BCUT2D eigenvalue weighted by Crippen LogP contribution is -2.32. The predicted molar refractivity (Wildman–Crippen MR) is 126 cm³/mol. The molecule has 0 radical (unpaired) electrons. The second-order valence-corrected chi connectivity index (χ2v) is 7.56. The summed E-state index contributed by atoms with van der Waals surface area (Å²) < 4.78 is 18.9. The summed E-state index contributed by atoms with van der Waals surface area (Å²) in [5.74, 6) is -0.789. The van der Waals surface area contributed by atoms with Gasteiger partial charge >= 0.3 is 0 Å². The van der Waals surface area contributed by atoms with Gasteiger partial charge in [-0.15, -0.1) is 0 Å². The van der Waals surface area contributed by atoms with Crippen molar-refractivity contribution in [2.75, 3.05) is 17.3 Å². The molecule has 5 rings (SSSR count). The lowest BCUT2D eigenvalue weighted by Gasteiger charge is -2.18. The number of imide groups is 1. The number of carbonyl (C=O) groups excluding carboxylic acids is 2. The molecule has 0 spiro atoms. The smallest absolute Gasteiger partial charge is 0.282 e. The quantitative estimate of drug-likeness (QED) is 0.425. The van der Waals surface area contributed by atoms with E-state index in [1.807, 2.05) is 36.4 Å². The fourth-order valence-electron chi connectivity index (χ4n) is 4.00. The summed E-state index contributed by atoms with van der Waals surface area (Å²) in [6, 6.07) is 25.6. The van der Waals surface area contributed by atoms with E-state index in [1.165, 1.54) is 29.2 Å². The molecule has 0 aromatic heterocycles. The number of methoxy groups -OCH3 is 1. The molecule has 4 aromatic carbocycles. The molecule has 4 aromatic rings. The highest BCUT2D eigenvalue weighted by molar-refractivity contribution is 6.47. The van der Waals surface area contributed by atoms with E-state index in [-0.39, 0.29) is 11.3 Å². The van der Waals surface area contributed by atoms with Crippen molar-refractivity contribution in [3.8, 4) is 5.75 Å². The molecular weight excluding hydrogens is 419 g/mol. The summed E-state index contributed by atoms with van der Waals surface area (Å²) >= 11 is 0. The van der Waals surface area contributed by atoms with Gasteiger partial charge in [-0.3, -0.25) is 9.59 Å². The van der Waals surface area contributed by atoms with Crippen LogP contribution in [0.1, 0.15) is 5.56 Å². The predicted octanol–water partition coefficient (Wildman–Crippen LogP) is 5.38. The van der Waals surface area contributed by atoms with Gasteiger partial charge in [-0.1, -0.05) is 54.6 Å². The molecule has 0 saturated carbocycles. The second kappa shape index (κ2) is 8.24. The topological polar surface area (TPSA) is 58.6 Å². The van der Waals surface area contributed by atoms with E-state index >= 15 is 0 Å². The Hall–Kier alpha value is -4.45. The van der Waals surface area contributed by atoms with Crippen molar-refractivity contribution < 1.29 is 18.7 Å². The minimum atomic E-state index is -0.488. The number of benzene rings is 4. The molecule has 1 aliphatic rings. The van der Waals surface area contributed by atoms with Crippen molar-refractivity contribution in [1.29, 1.82) is 0 Å². The Bertz CT molecular complexity index is 1420. The third-order valence-corrected chi connectivity index (χ3v) is 5.56. The average Bonchev–Trinajstić information content (AvgIpc) is 3.08. The first-order valence-corrected chi connectivity index (χ1v) is 10.3. The fourth-order valence-corrected chi connectivity index (χ4v) is 4.00. The van der Waals surface area contributed by atoms with Gasteiger partial charge in [-0.05, 0) is 41.3 Å². The zero-order valence-corrected chi connectivity index (χ0v) is 17.7. The molecule has 0 aliphatic carbocycles. The maximum atomic E-state index is 13.7. The maximum absolute atomic E-state index is 13.7. The van der Waals surface area contributed by atoms with Crippen molar-refractivity contribution in [1.82, 2.24) is 0 Å². The number of nitrogens with zero attached hydrogens (tertiary/aromatic N) is 1. The first kappa shape index (κ1) is 20.5. The van der Waals surface area contributed by atoms with Crippen molar-refractivity contribution in [3.63, 3.8) is 0 Å². The van der Waals surface area contributed by atoms with Gasteiger partial charge in [0.25, 0.3) is 11.8 Å². The molecule has 0 atom stereocenters. The molecule has 1 N–H and O–H groups in total. The number of hydrogen-bond acceptors (Lipinski definition) is 4. The standard InChI is InChI=1S/C27H19FN2O3/c1-33-21-9-5-8-20(16-21)29-25-24(18-12-14-19(28)15-13-18)26(31)30(27(25)32)23-11-4-7-17-6-2-3-10-22(17)23/h2-16,29H,1H3. The van der Waals surface area contributed by atoms with Crippen LogP contribution >= 0.6 is 0 Å². The van der Waals surface area contributed by atoms with Crippen LogP contribution in [-0.2, 0) is 9.59 Å². The highest BCUT2D eigenvalue weighted by atomic mass is 19.1. The zero-order chi connectivity index (χ0) is 22.9. The Morgan fingerprint density at radius 3 is 2.33 bits per heavy atom. The van der Waals surface area contributed by atoms with Gasteiger partial charge in [-0.25, -0.2) is 9.29 Å².